The van der Waals surface area contributed by atoms with Crippen molar-refractivity contribution in [1.29, 1.82) is 0 Å². The van der Waals surface area contributed by atoms with Crippen molar-refractivity contribution in [1.82, 2.24) is 26.2 Å². The second-order valence-corrected chi connectivity index (χ2v) is 18.2. The first kappa shape index (κ1) is 71.2. The van der Waals surface area contributed by atoms with Gasteiger partial charge in [-0.3, -0.25) is 63.2 Å². The molecular weight excluding hydrogens is 1010 g/mol. The molecule has 0 spiro atoms. The van der Waals surface area contributed by atoms with Crippen LogP contribution in [0.15, 0.2) is 0 Å². The highest BCUT2D eigenvalue weighted by atomic mass is 16.7. The van der Waals surface area contributed by atoms with Gasteiger partial charge in [0.15, 0.2) is 0 Å². The third kappa shape index (κ3) is 28.0. The summed E-state index contributed by atoms with van der Waals surface area (Å²) in [7, 11) is 0. The van der Waals surface area contributed by atoms with E-state index >= 15 is 0 Å². The van der Waals surface area contributed by atoms with Gasteiger partial charge in [-0.1, -0.05) is 19.8 Å². The van der Waals surface area contributed by atoms with Crippen LogP contribution in [0, 0.1) is 5.92 Å². The van der Waals surface area contributed by atoms with Gasteiger partial charge in [-0.25, -0.2) is 15.6 Å². The predicted octanol–water partition coefficient (Wildman–Crippen LogP) is -7.58. The molecule has 75 heavy (non-hydrogen) atoms. The lowest BCUT2D eigenvalue weighted by atomic mass is 9.78. The van der Waals surface area contributed by atoms with E-state index in [0.717, 1.165) is 38.6 Å². The number of carbonyl (C=O) groups is 10. The van der Waals surface area contributed by atoms with Crippen molar-refractivity contribution in [2.24, 2.45) is 57.5 Å². The number of hydrogen-bond acceptors (Lipinski definition) is 24. The first-order chi connectivity index (χ1) is 34.6. The average molecular weight is 1090 g/mol. The van der Waals surface area contributed by atoms with E-state index in [0.29, 0.717) is 80.8 Å². The number of aliphatic carboxylic acids is 6. The lowest BCUT2D eigenvalue weighted by Crippen LogP contribution is -2.53. The summed E-state index contributed by atoms with van der Waals surface area (Å²) in [5, 5.41) is 81.2. The molecule has 8 atom stereocenters. The maximum absolute atomic E-state index is 10.9. The van der Waals surface area contributed by atoms with Crippen LogP contribution in [0.25, 0.3) is 0 Å². The van der Waals surface area contributed by atoms with Crippen LogP contribution in [0.5, 0.6) is 0 Å². The number of aliphatic hydroxyl groups excluding tert-OH is 1. The number of aliphatic hydroxyl groups is 1. The standard InChI is InChI=1S/C6H10N2O.C6H11NO2.C5H10N2O2.C5H9NO2.C4H8N2O2.C4H7NO2.C3H6N2O2.C3H7NO3.C3H7NO2.C2H5NO2/c9-6-5-3-4(8-6)1-2-7-5;7-6(5(8)9)3-1-2-4-6;1-3-2-7(9)5(8)4(3)6;6-5(4(7)8)2-1-3-5;5-3-1-2-6(8)4(3)7;5-4(1-2-4)3(6)7;4-2-1-7-5-3(2)6;4-2(1-5)3(6)7;1-2(4)3(5)6;3-1-2(4)5/h4-5,7H,1-3H2,(H,8,9);1-4,7H2,(H,8,9);3-4,9H,2,6H2,1H3;1-3,6H2,(H,7,8);3,8H,1-2,5H2;1-2,5H2,(H,6,7);2H,1,4H2,(H,5,6);2,5H,1,4H2,(H,6,7);2H,4H2,1H3,(H,5,6);1,3H2,(H,4,5)/t;;3-,4-;;3-;;3*2-;/m..1.1.111./s1. The summed E-state index contributed by atoms with van der Waals surface area (Å²) >= 11 is 0. The molecule has 434 valence electrons. The molecular formula is C41H80N14O20. The van der Waals surface area contributed by atoms with Crippen molar-refractivity contribution < 1.29 is 98.9 Å². The number of nitrogens with one attached hydrogen (secondary N) is 3. The molecule has 34 nitrogen and oxygen atoms in total. The van der Waals surface area contributed by atoms with E-state index in [4.69, 9.17) is 92.0 Å². The third-order valence-corrected chi connectivity index (χ3v) is 11.6. The van der Waals surface area contributed by atoms with Crippen LogP contribution in [-0.2, 0) is 52.8 Å². The second kappa shape index (κ2) is 34.7. The van der Waals surface area contributed by atoms with Crippen LogP contribution in [-0.4, -0.2) is 214 Å². The highest BCUT2D eigenvalue weighted by Crippen LogP contribution is 2.32. The third-order valence-electron chi connectivity index (χ3n) is 11.6. The minimum atomic E-state index is -1.18. The van der Waals surface area contributed by atoms with Crippen LogP contribution in [0.2, 0.25) is 0 Å². The summed E-state index contributed by atoms with van der Waals surface area (Å²) in [6.07, 6.45) is 9.39. The molecule has 0 radical (unpaired) electrons. The molecule has 0 aromatic rings. The first-order valence-corrected chi connectivity index (χ1v) is 23.3. The van der Waals surface area contributed by atoms with E-state index in [9.17, 15) is 47.9 Å². The topological polar surface area (TPSA) is 639 Å². The predicted molar refractivity (Wildman–Crippen MR) is 258 cm³/mol. The number of nitrogens with zero attached hydrogens (tertiary/aromatic N) is 2. The average Bonchev–Trinajstić information content (AvgIpc) is 3.59. The van der Waals surface area contributed by atoms with Gasteiger partial charge in [-0.2, -0.15) is 0 Å². The van der Waals surface area contributed by atoms with Crippen molar-refractivity contribution in [3.05, 3.63) is 0 Å². The number of carbonyl (C=O) groups excluding carboxylic acids is 4. The highest BCUT2D eigenvalue weighted by molar-refractivity contribution is 5.85. The minimum Gasteiger partial charge on any atom is -0.480 e. The molecule has 3 aliphatic carbocycles. The Bertz CT molecular complexity index is 1860. The zero-order chi connectivity index (χ0) is 58.6. The van der Waals surface area contributed by atoms with Crippen molar-refractivity contribution in [3.63, 3.8) is 0 Å². The molecule has 8 aliphatic rings. The Balaban J connectivity index is 0. The van der Waals surface area contributed by atoms with Crippen molar-refractivity contribution in [3.8, 4) is 0 Å². The molecule has 5 saturated heterocycles. The molecule has 5 aliphatic heterocycles. The maximum Gasteiger partial charge on any atom is 0.323 e. The molecule has 4 amide bonds. The number of carboxylic acids is 6. The summed E-state index contributed by atoms with van der Waals surface area (Å²) < 4.78 is 0. The normalized spacial score (nSPS) is 25.7. The fraction of sp³-hybridized carbons (Fsp3) is 0.756. The number of piperidine rings is 1. The van der Waals surface area contributed by atoms with Crippen LogP contribution in [0.4, 0.5) is 0 Å². The van der Waals surface area contributed by atoms with E-state index < -0.39 is 89.2 Å². The van der Waals surface area contributed by atoms with Crippen LogP contribution >= 0.6 is 0 Å². The Hall–Kier alpha value is -5.86. The number of hydrogen-bond donors (Lipinski definition) is 21. The summed E-state index contributed by atoms with van der Waals surface area (Å²) in [6, 6.07) is -2.69. The zero-order valence-corrected chi connectivity index (χ0v) is 42.0. The first-order valence-electron chi connectivity index (χ1n) is 23.3. The van der Waals surface area contributed by atoms with E-state index in [1.54, 1.807) is 0 Å². The fourth-order valence-corrected chi connectivity index (χ4v) is 5.90. The molecule has 2 bridgehead atoms. The van der Waals surface area contributed by atoms with Crippen LogP contribution in [0.1, 0.15) is 90.9 Å². The van der Waals surface area contributed by atoms with Gasteiger partial charge in [0.05, 0.1) is 51.0 Å². The number of nitrogens with two attached hydrogens (primary N) is 9. The monoisotopic (exact) mass is 1090 g/mol. The van der Waals surface area contributed by atoms with E-state index in [2.05, 4.69) is 26.7 Å². The van der Waals surface area contributed by atoms with Gasteiger partial charge in [0, 0.05) is 12.0 Å². The van der Waals surface area contributed by atoms with E-state index in [-0.39, 0.29) is 42.1 Å². The van der Waals surface area contributed by atoms with Gasteiger partial charge < -0.3 is 98.0 Å². The number of fused-ring (bicyclic) bond motifs is 2. The fourth-order valence-electron chi connectivity index (χ4n) is 5.90. The van der Waals surface area contributed by atoms with Crippen LogP contribution < -0.4 is 67.7 Å². The van der Waals surface area contributed by atoms with Gasteiger partial charge in [0.2, 0.25) is 5.91 Å². The quantitative estimate of drug-likeness (QED) is 0.105. The maximum atomic E-state index is 10.9. The molecule has 5 heterocycles. The lowest BCUT2D eigenvalue weighted by molar-refractivity contribution is -0.158. The Labute approximate surface area is 430 Å². The largest absolute Gasteiger partial charge is 0.480 e. The Morgan fingerprint density at radius 3 is 1.31 bits per heavy atom. The zero-order valence-electron chi connectivity index (χ0n) is 42.0. The molecule has 8 fully saturated rings. The summed E-state index contributed by atoms with van der Waals surface area (Å²) in [4.78, 5) is 106. The Kier molecular flexibility index (Phi) is 32.9. The number of carboxylic acid groups (broad SMARTS) is 6. The van der Waals surface area contributed by atoms with E-state index in [1.807, 2.05) is 6.92 Å². The number of hydroxylamine groups is 5. The van der Waals surface area contributed by atoms with Gasteiger partial charge in [-0.15, -0.1) is 0 Å². The van der Waals surface area contributed by atoms with Gasteiger partial charge in [-0.05, 0) is 77.7 Å². The number of amides is 4. The molecule has 0 aromatic carbocycles. The van der Waals surface area contributed by atoms with Crippen LogP contribution in [0.3, 0.4) is 0 Å². The second-order valence-electron chi connectivity index (χ2n) is 18.2. The molecule has 2 unspecified atom stereocenters. The smallest absolute Gasteiger partial charge is 0.323 e. The summed E-state index contributed by atoms with van der Waals surface area (Å²) in [5.41, 5.74) is 45.5. The van der Waals surface area contributed by atoms with Gasteiger partial charge >= 0.3 is 35.8 Å². The molecule has 30 N–H and O–H groups in total. The van der Waals surface area contributed by atoms with Gasteiger partial charge in [0.25, 0.3) is 17.7 Å². The lowest BCUT2D eigenvalue weighted by Gasteiger charge is -2.32. The Morgan fingerprint density at radius 1 is 0.707 bits per heavy atom. The summed E-state index contributed by atoms with van der Waals surface area (Å²) in [5.74, 6) is -6.40. The Morgan fingerprint density at radius 2 is 1.16 bits per heavy atom. The molecule has 3 saturated carbocycles. The molecule has 8 rings (SSSR count). The van der Waals surface area contributed by atoms with Crippen molar-refractivity contribution >= 4 is 59.4 Å². The van der Waals surface area contributed by atoms with Crippen molar-refractivity contribution in [2.75, 3.05) is 39.4 Å². The highest BCUT2D eigenvalue weighted by Gasteiger charge is 2.46. The van der Waals surface area contributed by atoms with Gasteiger partial charge in [0.1, 0.15) is 34.7 Å². The summed E-state index contributed by atoms with van der Waals surface area (Å²) in [6.45, 7) is 4.49. The molecule has 0 aromatic heterocycles. The number of rotatable bonds is 7. The van der Waals surface area contributed by atoms with Crippen molar-refractivity contribution in [2.45, 2.75) is 150 Å². The molecule has 34 heteroatoms. The minimum absolute atomic E-state index is 0.0718. The van der Waals surface area contributed by atoms with E-state index in [1.165, 1.54) is 6.92 Å². The SMILES string of the molecule is C[C@@H](N)C(=O)O.C[C@@H]1CN(O)C(=O)[C@@H]1N.NC1(C(=O)O)CC1.NC1(C(=O)O)CCC1.NC1(C(=O)O)CCCC1.NCC(=O)O.N[C@@H]1CCN(O)C1=O.N[C@@H]1CONC1=O.N[C@H](CO)C(=O)O.O=C1NC2CCNC1C2.